The Morgan fingerprint density at radius 1 is 1.16 bits per heavy atom. The van der Waals surface area contributed by atoms with Crippen LogP contribution in [0, 0.1) is 0 Å². The SMILES string of the molecule is CCCOc1ccc(CNC(=NC)NCc2cccnc2N(C)C)c(OC(F)F)c1.I. The van der Waals surface area contributed by atoms with Gasteiger partial charge in [0.1, 0.15) is 17.3 Å². The summed E-state index contributed by atoms with van der Waals surface area (Å²) < 4.78 is 35.8. The molecule has 2 aromatic rings. The standard InChI is InChI=1S/C21H29F2N5O2.HI/c1-5-11-29-17-9-8-15(18(12-17)30-20(22)23)13-26-21(24-2)27-14-16-7-6-10-25-19(16)28(3)4;/h6-10,12,20H,5,11,13-14H2,1-4H3,(H2,24,26,27);1H. The van der Waals surface area contributed by atoms with E-state index in [-0.39, 0.29) is 36.3 Å². The van der Waals surface area contributed by atoms with Crippen LogP contribution in [0.1, 0.15) is 24.5 Å². The predicted octanol–water partition coefficient (Wildman–Crippen LogP) is 4.02. The summed E-state index contributed by atoms with van der Waals surface area (Å²) in [4.78, 5) is 10.5. The average Bonchev–Trinajstić information content (AvgIpc) is 2.73. The minimum absolute atomic E-state index is 0. The zero-order valence-corrected chi connectivity index (χ0v) is 20.5. The summed E-state index contributed by atoms with van der Waals surface area (Å²) in [6, 6.07) is 8.77. The van der Waals surface area contributed by atoms with Gasteiger partial charge in [-0.2, -0.15) is 8.78 Å². The van der Waals surface area contributed by atoms with Gasteiger partial charge >= 0.3 is 6.61 Å². The van der Waals surface area contributed by atoms with Crippen LogP contribution in [0.2, 0.25) is 0 Å². The molecule has 7 nitrogen and oxygen atoms in total. The molecule has 0 fully saturated rings. The van der Waals surface area contributed by atoms with Gasteiger partial charge < -0.3 is 25.0 Å². The number of hydrogen-bond acceptors (Lipinski definition) is 5. The molecule has 2 rings (SSSR count). The lowest BCUT2D eigenvalue weighted by Crippen LogP contribution is -2.36. The Morgan fingerprint density at radius 3 is 2.48 bits per heavy atom. The number of aromatic nitrogens is 1. The minimum atomic E-state index is -2.92. The third kappa shape index (κ3) is 8.72. The Labute approximate surface area is 199 Å². The largest absolute Gasteiger partial charge is 0.493 e. The van der Waals surface area contributed by atoms with Crippen LogP contribution in [0.4, 0.5) is 14.6 Å². The third-order valence-corrected chi connectivity index (χ3v) is 4.13. The molecule has 2 N–H and O–H groups in total. The first-order chi connectivity index (χ1) is 14.4. The second kappa shape index (κ2) is 13.8. The number of rotatable bonds is 10. The van der Waals surface area contributed by atoms with Gasteiger partial charge in [-0.25, -0.2) is 4.98 Å². The Kier molecular flexibility index (Phi) is 11.9. The van der Waals surface area contributed by atoms with Crippen molar-refractivity contribution in [1.82, 2.24) is 15.6 Å². The lowest BCUT2D eigenvalue weighted by Gasteiger charge is -2.18. The van der Waals surface area contributed by atoms with Crippen molar-refractivity contribution in [2.45, 2.75) is 33.0 Å². The molecule has 0 aliphatic heterocycles. The summed E-state index contributed by atoms with van der Waals surface area (Å²) in [5.74, 6) is 1.95. The predicted molar refractivity (Wildman–Crippen MR) is 130 cm³/mol. The van der Waals surface area contributed by atoms with E-state index >= 15 is 0 Å². The number of hydrogen-bond donors (Lipinski definition) is 2. The van der Waals surface area contributed by atoms with Crippen LogP contribution in [0.3, 0.4) is 0 Å². The maximum absolute atomic E-state index is 12.8. The lowest BCUT2D eigenvalue weighted by molar-refractivity contribution is -0.0505. The Hall–Kier alpha value is -2.37. The maximum atomic E-state index is 12.8. The first-order valence-electron chi connectivity index (χ1n) is 9.70. The van der Waals surface area contributed by atoms with Crippen molar-refractivity contribution in [3.05, 3.63) is 47.7 Å². The van der Waals surface area contributed by atoms with Gasteiger partial charge in [-0.3, -0.25) is 4.99 Å². The topological polar surface area (TPSA) is 71.0 Å². The monoisotopic (exact) mass is 549 g/mol. The number of anilines is 1. The first kappa shape index (κ1) is 26.7. The molecule has 0 aliphatic carbocycles. The van der Waals surface area contributed by atoms with Crippen molar-refractivity contribution in [1.29, 1.82) is 0 Å². The number of ether oxygens (including phenoxy) is 2. The summed E-state index contributed by atoms with van der Waals surface area (Å²) in [5.41, 5.74) is 1.57. The fourth-order valence-corrected chi connectivity index (χ4v) is 2.75. The van der Waals surface area contributed by atoms with Crippen molar-refractivity contribution < 1.29 is 18.3 Å². The van der Waals surface area contributed by atoms with E-state index in [9.17, 15) is 8.78 Å². The Balaban J connectivity index is 0.00000480. The number of aliphatic imine (C=N–C) groups is 1. The second-order valence-corrected chi connectivity index (χ2v) is 6.66. The smallest absolute Gasteiger partial charge is 0.387 e. The number of halogens is 3. The molecule has 172 valence electrons. The quantitative estimate of drug-likeness (QED) is 0.265. The van der Waals surface area contributed by atoms with Crippen molar-refractivity contribution in [3.63, 3.8) is 0 Å². The number of nitrogens with one attached hydrogen (secondary N) is 2. The Bertz CT molecular complexity index is 837. The average molecular weight is 549 g/mol. The van der Waals surface area contributed by atoms with Gasteiger partial charge in [-0.1, -0.05) is 13.0 Å². The molecule has 1 aromatic carbocycles. The molecule has 0 bridgehead atoms. The molecule has 1 heterocycles. The van der Waals surface area contributed by atoms with Gasteiger partial charge in [0.25, 0.3) is 0 Å². The van der Waals surface area contributed by atoms with Crippen LogP contribution in [0.15, 0.2) is 41.5 Å². The van der Waals surface area contributed by atoms with Gasteiger partial charge in [0.2, 0.25) is 0 Å². The third-order valence-electron chi connectivity index (χ3n) is 4.13. The molecule has 0 spiro atoms. The summed E-state index contributed by atoms with van der Waals surface area (Å²) in [6.45, 7) is 0.318. The molecule has 0 saturated heterocycles. The Morgan fingerprint density at radius 2 is 1.87 bits per heavy atom. The normalized spacial score (nSPS) is 11.0. The molecular formula is C21H30F2IN5O2. The highest BCUT2D eigenvalue weighted by Crippen LogP contribution is 2.26. The van der Waals surface area contributed by atoms with Gasteiger partial charge in [-0.05, 0) is 24.6 Å². The number of nitrogens with zero attached hydrogens (tertiary/aromatic N) is 3. The van der Waals surface area contributed by atoms with Gasteiger partial charge in [0, 0.05) is 57.6 Å². The van der Waals surface area contributed by atoms with Crippen LogP contribution < -0.4 is 25.0 Å². The highest BCUT2D eigenvalue weighted by molar-refractivity contribution is 14.0. The molecule has 31 heavy (non-hydrogen) atoms. The van der Waals surface area contributed by atoms with Crippen LogP contribution >= 0.6 is 24.0 Å². The molecular weight excluding hydrogens is 519 g/mol. The molecule has 0 unspecified atom stereocenters. The number of alkyl halides is 2. The zero-order valence-electron chi connectivity index (χ0n) is 18.2. The van der Waals surface area contributed by atoms with E-state index in [4.69, 9.17) is 4.74 Å². The number of pyridine rings is 1. The van der Waals surface area contributed by atoms with E-state index in [0.717, 1.165) is 17.8 Å². The summed E-state index contributed by atoms with van der Waals surface area (Å²) >= 11 is 0. The molecule has 0 radical (unpaired) electrons. The van der Waals surface area contributed by atoms with Crippen LogP contribution in [0.25, 0.3) is 0 Å². The fourth-order valence-electron chi connectivity index (χ4n) is 2.75. The first-order valence-corrected chi connectivity index (χ1v) is 9.70. The molecule has 0 amide bonds. The van der Waals surface area contributed by atoms with E-state index in [1.165, 1.54) is 6.07 Å². The maximum Gasteiger partial charge on any atom is 0.387 e. The molecule has 1 aromatic heterocycles. The van der Waals surface area contributed by atoms with Crippen molar-refractivity contribution in [2.24, 2.45) is 4.99 Å². The molecule has 0 atom stereocenters. The van der Waals surface area contributed by atoms with Crippen LogP contribution in [0.5, 0.6) is 11.5 Å². The zero-order chi connectivity index (χ0) is 21.9. The minimum Gasteiger partial charge on any atom is -0.493 e. The van der Waals surface area contributed by atoms with E-state index in [1.54, 1.807) is 25.4 Å². The highest BCUT2D eigenvalue weighted by Gasteiger charge is 2.12. The van der Waals surface area contributed by atoms with Crippen LogP contribution in [-0.4, -0.2) is 45.3 Å². The molecule has 0 saturated carbocycles. The van der Waals surface area contributed by atoms with Crippen molar-refractivity contribution in [3.8, 4) is 11.5 Å². The van der Waals surface area contributed by atoms with Gasteiger partial charge in [0.05, 0.1) is 6.61 Å². The summed E-state index contributed by atoms with van der Waals surface area (Å²) in [5, 5.41) is 6.33. The molecule has 10 heteroatoms. The summed E-state index contributed by atoms with van der Waals surface area (Å²) in [6.07, 6.45) is 2.56. The van der Waals surface area contributed by atoms with E-state index in [2.05, 4.69) is 25.3 Å². The van der Waals surface area contributed by atoms with Gasteiger partial charge in [-0.15, -0.1) is 24.0 Å². The second-order valence-electron chi connectivity index (χ2n) is 6.66. The van der Waals surface area contributed by atoms with E-state index in [0.29, 0.717) is 30.4 Å². The van der Waals surface area contributed by atoms with E-state index in [1.807, 2.05) is 38.1 Å². The summed E-state index contributed by atoms with van der Waals surface area (Å²) in [7, 11) is 5.50. The molecule has 0 aliphatic rings. The lowest BCUT2D eigenvalue weighted by atomic mass is 10.2. The van der Waals surface area contributed by atoms with Crippen molar-refractivity contribution >= 4 is 35.8 Å². The number of benzene rings is 1. The number of guanidine groups is 1. The highest BCUT2D eigenvalue weighted by atomic mass is 127. The van der Waals surface area contributed by atoms with E-state index < -0.39 is 6.61 Å². The fraction of sp³-hybridized carbons (Fsp3) is 0.429. The van der Waals surface area contributed by atoms with Crippen molar-refractivity contribution in [2.75, 3.05) is 32.6 Å². The van der Waals surface area contributed by atoms with Crippen LogP contribution in [-0.2, 0) is 13.1 Å². The van der Waals surface area contributed by atoms with Gasteiger partial charge in [0.15, 0.2) is 5.96 Å².